The normalized spacial score (nSPS) is 26.8. The standard InChI is InChI=1S/C11H16ClN3S2/c1-6-10(17-3-2-16-6)9(13)8-4-7(12)5-15-11(8)14/h4-6,9-10H,2-3,13H2,1H3,(H2,14,15). The summed E-state index contributed by atoms with van der Waals surface area (Å²) in [6.07, 6.45) is 1.55. The molecule has 2 rings (SSSR count). The Kier molecular flexibility index (Phi) is 4.47. The van der Waals surface area contributed by atoms with Crippen LogP contribution in [0.5, 0.6) is 0 Å². The quantitative estimate of drug-likeness (QED) is 0.876. The van der Waals surface area contributed by atoms with Gasteiger partial charge in [-0.3, -0.25) is 0 Å². The Morgan fingerprint density at radius 3 is 2.88 bits per heavy atom. The van der Waals surface area contributed by atoms with E-state index in [0.717, 1.165) is 11.3 Å². The van der Waals surface area contributed by atoms with Gasteiger partial charge in [0.25, 0.3) is 0 Å². The van der Waals surface area contributed by atoms with E-state index in [1.165, 1.54) is 5.75 Å². The molecule has 17 heavy (non-hydrogen) atoms. The first-order chi connectivity index (χ1) is 8.09. The summed E-state index contributed by atoms with van der Waals surface area (Å²) in [6, 6.07) is 1.73. The Labute approximate surface area is 115 Å². The van der Waals surface area contributed by atoms with Crippen LogP contribution in [0.15, 0.2) is 12.3 Å². The van der Waals surface area contributed by atoms with Gasteiger partial charge < -0.3 is 11.5 Å². The van der Waals surface area contributed by atoms with Crippen molar-refractivity contribution in [2.24, 2.45) is 5.73 Å². The molecule has 1 aliphatic heterocycles. The van der Waals surface area contributed by atoms with Crippen molar-refractivity contribution in [1.29, 1.82) is 0 Å². The number of rotatable bonds is 2. The van der Waals surface area contributed by atoms with Crippen molar-refractivity contribution in [3.8, 4) is 0 Å². The topological polar surface area (TPSA) is 64.9 Å². The van der Waals surface area contributed by atoms with Crippen molar-refractivity contribution in [2.45, 2.75) is 23.5 Å². The molecule has 94 valence electrons. The van der Waals surface area contributed by atoms with Crippen molar-refractivity contribution in [2.75, 3.05) is 17.2 Å². The molecule has 2 heterocycles. The molecule has 3 unspecified atom stereocenters. The summed E-state index contributed by atoms with van der Waals surface area (Å²) in [4.78, 5) is 4.07. The fourth-order valence-electron chi connectivity index (χ4n) is 1.95. The van der Waals surface area contributed by atoms with Crippen LogP contribution in [-0.2, 0) is 0 Å². The Morgan fingerprint density at radius 2 is 2.18 bits per heavy atom. The fraction of sp³-hybridized carbons (Fsp3) is 0.545. The predicted octanol–water partition coefficient (Wildman–Crippen LogP) is 2.55. The molecular formula is C11H16ClN3S2. The zero-order chi connectivity index (χ0) is 12.4. The summed E-state index contributed by atoms with van der Waals surface area (Å²) in [7, 11) is 0. The molecule has 0 spiro atoms. The predicted molar refractivity (Wildman–Crippen MR) is 78.8 cm³/mol. The van der Waals surface area contributed by atoms with Crippen molar-refractivity contribution in [1.82, 2.24) is 4.98 Å². The summed E-state index contributed by atoms with van der Waals surface area (Å²) >= 11 is 9.83. The van der Waals surface area contributed by atoms with Crippen LogP contribution in [0.3, 0.4) is 0 Å². The third-order valence-corrected chi connectivity index (χ3v) is 6.29. The third-order valence-electron chi connectivity index (χ3n) is 2.87. The molecule has 6 heteroatoms. The third kappa shape index (κ3) is 3.02. The number of halogens is 1. The number of pyridine rings is 1. The van der Waals surface area contributed by atoms with Crippen molar-refractivity contribution < 1.29 is 0 Å². The van der Waals surface area contributed by atoms with Gasteiger partial charge >= 0.3 is 0 Å². The second-order valence-electron chi connectivity index (χ2n) is 4.07. The maximum absolute atomic E-state index is 6.32. The highest BCUT2D eigenvalue weighted by molar-refractivity contribution is 8.07. The van der Waals surface area contributed by atoms with E-state index >= 15 is 0 Å². The first kappa shape index (κ1) is 13.3. The maximum atomic E-state index is 6.32. The van der Waals surface area contributed by atoms with E-state index in [-0.39, 0.29) is 6.04 Å². The van der Waals surface area contributed by atoms with Gasteiger partial charge in [0.15, 0.2) is 0 Å². The van der Waals surface area contributed by atoms with Crippen LogP contribution in [-0.4, -0.2) is 27.0 Å². The zero-order valence-electron chi connectivity index (χ0n) is 9.60. The molecule has 0 aliphatic carbocycles. The van der Waals surface area contributed by atoms with Gasteiger partial charge in [0, 0.05) is 39.8 Å². The summed E-state index contributed by atoms with van der Waals surface area (Å²) in [5.41, 5.74) is 13.1. The second-order valence-corrected chi connectivity index (χ2v) is 7.27. The number of nitrogens with zero attached hydrogens (tertiary/aromatic N) is 1. The molecule has 1 aromatic rings. The smallest absolute Gasteiger partial charge is 0.128 e. The minimum absolute atomic E-state index is 0.103. The molecule has 0 radical (unpaired) electrons. The van der Waals surface area contributed by atoms with E-state index in [1.807, 2.05) is 29.6 Å². The van der Waals surface area contributed by atoms with E-state index in [1.54, 1.807) is 6.20 Å². The molecule has 1 saturated heterocycles. The first-order valence-corrected chi connectivity index (χ1v) is 7.97. The lowest BCUT2D eigenvalue weighted by Gasteiger charge is -2.32. The summed E-state index contributed by atoms with van der Waals surface area (Å²) < 4.78 is 0. The lowest BCUT2D eigenvalue weighted by atomic mass is 10.0. The number of anilines is 1. The van der Waals surface area contributed by atoms with E-state index < -0.39 is 0 Å². The average Bonchev–Trinajstić information content (AvgIpc) is 2.32. The Bertz CT molecular complexity index is 402. The number of thioether (sulfide) groups is 2. The average molecular weight is 290 g/mol. The lowest BCUT2D eigenvalue weighted by molar-refractivity contribution is 0.663. The van der Waals surface area contributed by atoms with Crippen LogP contribution in [0.2, 0.25) is 5.02 Å². The van der Waals surface area contributed by atoms with Crippen LogP contribution in [0.1, 0.15) is 18.5 Å². The first-order valence-electron chi connectivity index (χ1n) is 5.49. The number of nitrogen functional groups attached to an aromatic ring is 1. The molecule has 1 aromatic heterocycles. The zero-order valence-corrected chi connectivity index (χ0v) is 12.0. The van der Waals surface area contributed by atoms with E-state index in [4.69, 9.17) is 23.1 Å². The summed E-state index contributed by atoms with van der Waals surface area (Å²) in [6.45, 7) is 2.22. The summed E-state index contributed by atoms with van der Waals surface area (Å²) in [5.74, 6) is 2.82. The Morgan fingerprint density at radius 1 is 1.47 bits per heavy atom. The monoisotopic (exact) mass is 289 g/mol. The molecular weight excluding hydrogens is 274 g/mol. The van der Waals surface area contributed by atoms with Gasteiger partial charge in [0.05, 0.1) is 5.02 Å². The van der Waals surface area contributed by atoms with Gasteiger partial charge in [-0.05, 0) is 6.07 Å². The van der Waals surface area contributed by atoms with E-state index in [9.17, 15) is 0 Å². The minimum Gasteiger partial charge on any atom is -0.383 e. The molecule has 0 aromatic carbocycles. The molecule has 4 N–H and O–H groups in total. The highest BCUT2D eigenvalue weighted by atomic mass is 35.5. The highest BCUT2D eigenvalue weighted by Crippen LogP contribution is 2.38. The van der Waals surface area contributed by atoms with Gasteiger partial charge in [0.1, 0.15) is 5.82 Å². The van der Waals surface area contributed by atoms with E-state index in [2.05, 4.69) is 11.9 Å². The van der Waals surface area contributed by atoms with Gasteiger partial charge in [0.2, 0.25) is 0 Å². The lowest BCUT2D eigenvalue weighted by Crippen LogP contribution is -2.34. The van der Waals surface area contributed by atoms with E-state index in [0.29, 0.717) is 21.3 Å². The van der Waals surface area contributed by atoms with Crippen molar-refractivity contribution >= 4 is 40.9 Å². The molecule has 0 saturated carbocycles. The minimum atomic E-state index is -0.103. The number of nitrogens with two attached hydrogens (primary N) is 2. The van der Waals surface area contributed by atoms with Crippen LogP contribution in [0.4, 0.5) is 5.82 Å². The summed E-state index contributed by atoms with van der Waals surface area (Å²) in [5, 5.41) is 1.49. The second kappa shape index (κ2) is 5.69. The largest absolute Gasteiger partial charge is 0.383 e. The maximum Gasteiger partial charge on any atom is 0.128 e. The van der Waals surface area contributed by atoms with Crippen LogP contribution >= 0.6 is 35.1 Å². The molecule has 1 fully saturated rings. The molecule has 1 aliphatic rings. The Balaban J connectivity index is 2.23. The van der Waals surface area contributed by atoms with Gasteiger partial charge in [-0.15, -0.1) is 0 Å². The molecule has 0 bridgehead atoms. The van der Waals surface area contributed by atoms with Crippen LogP contribution in [0, 0.1) is 0 Å². The van der Waals surface area contributed by atoms with Crippen LogP contribution in [0.25, 0.3) is 0 Å². The number of aromatic nitrogens is 1. The number of hydrogen-bond donors (Lipinski definition) is 2. The van der Waals surface area contributed by atoms with Gasteiger partial charge in [-0.25, -0.2) is 4.98 Å². The SMILES string of the molecule is CC1SCCSC1C(N)c1cc(Cl)cnc1N. The molecule has 0 amide bonds. The van der Waals surface area contributed by atoms with Crippen LogP contribution < -0.4 is 11.5 Å². The fourth-order valence-corrected chi connectivity index (χ4v) is 4.99. The molecule has 3 nitrogen and oxygen atoms in total. The Hall–Kier alpha value is -0.100. The molecule has 3 atom stereocenters. The van der Waals surface area contributed by atoms with Crippen molar-refractivity contribution in [3.63, 3.8) is 0 Å². The highest BCUT2D eigenvalue weighted by Gasteiger charge is 2.30. The van der Waals surface area contributed by atoms with Crippen molar-refractivity contribution in [3.05, 3.63) is 22.8 Å². The van der Waals surface area contributed by atoms with Gasteiger partial charge in [-0.2, -0.15) is 23.5 Å². The van der Waals surface area contributed by atoms with Gasteiger partial charge in [-0.1, -0.05) is 18.5 Å². The number of hydrogen-bond acceptors (Lipinski definition) is 5.